The van der Waals surface area contributed by atoms with Crippen molar-refractivity contribution < 1.29 is 27.6 Å². The normalized spacial score (nSPS) is 20.8. The highest BCUT2D eigenvalue weighted by atomic mass is 32.3. The summed E-state index contributed by atoms with van der Waals surface area (Å²) < 4.78 is 56.3. The van der Waals surface area contributed by atoms with Gasteiger partial charge in [0, 0.05) is 41.5 Å². The van der Waals surface area contributed by atoms with Gasteiger partial charge in [-0.05, 0) is 59.3 Å². The van der Waals surface area contributed by atoms with Crippen LogP contribution in [0, 0.1) is 11.6 Å². The molecule has 0 aliphatic carbocycles. The van der Waals surface area contributed by atoms with Gasteiger partial charge in [0.2, 0.25) is 0 Å². The van der Waals surface area contributed by atoms with Crippen LogP contribution in [0.2, 0.25) is 0 Å². The van der Waals surface area contributed by atoms with Gasteiger partial charge in [-0.1, -0.05) is 12.1 Å². The van der Waals surface area contributed by atoms with E-state index in [2.05, 4.69) is 23.9 Å². The van der Waals surface area contributed by atoms with Crippen molar-refractivity contribution in [1.29, 1.82) is 0 Å². The largest absolute Gasteiger partial charge is 0.497 e. The van der Waals surface area contributed by atoms with Crippen molar-refractivity contribution in [2.75, 3.05) is 44.3 Å². The smallest absolute Gasteiger partial charge is 0.399 e. The van der Waals surface area contributed by atoms with E-state index in [0.717, 1.165) is 24.3 Å². The van der Waals surface area contributed by atoms with Gasteiger partial charge in [0.1, 0.15) is 6.73 Å². The number of hydrogen-bond donors (Lipinski definition) is 0. The highest BCUT2D eigenvalue weighted by Crippen LogP contribution is 2.39. The van der Waals surface area contributed by atoms with Crippen LogP contribution in [0.1, 0.15) is 52.1 Å². The van der Waals surface area contributed by atoms with E-state index in [1.165, 1.54) is 0 Å². The van der Waals surface area contributed by atoms with Gasteiger partial charge >= 0.3 is 7.12 Å². The summed E-state index contributed by atoms with van der Waals surface area (Å²) in [4.78, 5) is 0. The Morgan fingerprint density at radius 3 is 2.28 bits per heavy atom. The minimum atomic E-state index is -0.977. The van der Waals surface area contributed by atoms with Crippen LogP contribution >= 0.6 is 10.0 Å². The molecule has 0 unspecified atom stereocenters. The first-order valence-corrected chi connectivity index (χ1v) is 15.5. The number of aromatic nitrogens is 2. The van der Waals surface area contributed by atoms with Crippen molar-refractivity contribution in [3.05, 3.63) is 35.7 Å². The summed E-state index contributed by atoms with van der Waals surface area (Å²) in [6.45, 7) is 9.70. The third-order valence-corrected chi connectivity index (χ3v) is 8.84. The number of rotatable bonds is 8. The first kappa shape index (κ1) is 27.6. The van der Waals surface area contributed by atoms with E-state index in [9.17, 15) is 0 Å². The Hall–Kier alpha value is -1.46. The topological polar surface area (TPSA) is 54.7 Å². The van der Waals surface area contributed by atoms with Crippen molar-refractivity contribution in [2.24, 2.45) is 0 Å². The van der Waals surface area contributed by atoms with Crippen LogP contribution in [0.25, 0.3) is 11.1 Å². The van der Waals surface area contributed by atoms with Crippen LogP contribution in [0.5, 0.6) is 0 Å². The maximum atomic E-state index is 15.6. The molecular weight excluding hydrogens is 485 g/mol. The summed E-state index contributed by atoms with van der Waals surface area (Å²) in [5, 5.41) is 4.53. The molecule has 2 aromatic rings. The van der Waals surface area contributed by atoms with Crippen molar-refractivity contribution in [1.82, 2.24) is 9.78 Å². The zero-order valence-electron chi connectivity index (χ0n) is 22.5. The summed E-state index contributed by atoms with van der Waals surface area (Å²) in [5.41, 5.74) is 0.394. The molecule has 0 N–H and O–H groups in total. The quantitative estimate of drug-likeness (QED) is 0.371. The minimum Gasteiger partial charge on any atom is -0.399 e. The van der Waals surface area contributed by atoms with Crippen LogP contribution < -0.4 is 5.46 Å². The lowest BCUT2D eigenvalue weighted by Crippen LogP contribution is -2.41. The lowest BCUT2D eigenvalue weighted by molar-refractivity contribution is 0.00578. The molecule has 2 aliphatic rings. The van der Waals surface area contributed by atoms with E-state index in [-0.39, 0.29) is 23.7 Å². The lowest BCUT2D eigenvalue weighted by Gasteiger charge is -2.32. The summed E-state index contributed by atoms with van der Waals surface area (Å²) in [5.74, 6) is -0.764. The van der Waals surface area contributed by atoms with Crippen LogP contribution in [0.3, 0.4) is 0 Å². The zero-order chi connectivity index (χ0) is 26.3. The fourth-order valence-electron chi connectivity index (χ4n) is 4.49. The molecule has 6 nitrogen and oxygen atoms in total. The molecule has 0 atom stereocenters. The first-order chi connectivity index (χ1) is 16.8. The molecule has 36 heavy (non-hydrogen) atoms. The van der Waals surface area contributed by atoms with E-state index in [1.807, 2.05) is 27.7 Å². The number of ether oxygens (including phenoxy) is 2. The molecule has 4 rings (SSSR count). The number of nitrogens with zero attached hydrogens (tertiary/aromatic N) is 2. The van der Waals surface area contributed by atoms with E-state index >= 15 is 8.78 Å². The van der Waals surface area contributed by atoms with Gasteiger partial charge in [0.05, 0.1) is 29.7 Å². The molecule has 0 radical (unpaired) electrons. The second kappa shape index (κ2) is 10.4. The van der Waals surface area contributed by atoms with Gasteiger partial charge in [-0.3, -0.25) is 0 Å². The molecule has 2 saturated heterocycles. The summed E-state index contributed by atoms with van der Waals surface area (Å²) in [7, 11) is -1.64. The van der Waals surface area contributed by atoms with Gasteiger partial charge in [-0.15, -0.1) is 0 Å². The predicted octanol–water partition coefficient (Wildman–Crippen LogP) is 4.69. The Labute approximate surface area is 215 Å². The molecule has 200 valence electrons. The average molecular weight is 524 g/mol. The Balaban J connectivity index is 1.64. The Morgan fingerprint density at radius 1 is 1.03 bits per heavy atom. The third kappa shape index (κ3) is 5.67. The van der Waals surface area contributed by atoms with Gasteiger partial charge < -0.3 is 18.8 Å². The zero-order valence-corrected chi connectivity index (χ0v) is 23.3. The fourth-order valence-corrected chi connectivity index (χ4v) is 5.11. The molecule has 2 aliphatic heterocycles. The monoisotopic (exact) mass is 524 g/mol. The molecule has 1 aromatic heterocycles. The minimum absolute atomic E-state index is 0.0583. The summed E-state index contributed by atoms with van der Waals surface area (Å²) in [6, 6.07) is 3.16. The van der Waals surface area contributed by atoms with Gasteiger partial charge in [0.15, 0.2) is 11.6 Å². The Morgan fingerprint density at radius 2 is 1.67 bits per heavy atom. The van der Waals surface area contributed by atoms with Crippen LogP contribution in [0.4, 0.5) is 8.78 Å². The maximum absolute atomic E-state index is 15.6. The number of benzene rings is 1. The molecule has 0 bridgehead atoms. The molecule has 10 heteroatoms. The van der Waals surface area contributed by atoms with Gasteiger partial charge in [0.25, 0.3) is 0 Å². The number of halogens is 2. The van der Waals surface area contributed by atoms with E-state index in [1.54, 1.807) is 23.0 Å². The molecule has 0 spiro atoms. The van der Waals surface area contributed by atoms with Crippen LogP contribution in [-0.4, -0.2) is 72.4 Å². The second-order valence-electron chi connectivity index (χ2n) is 11.6. The van der Waals surface area contributed by atoms with Crippen LogP contribution in [-0.2, 0) is 25.5 Å². The Bertz CT molecular complexity index is 1060. The van der Waals surface area contributed by atoms with Crippen molar-refractivity contribution in [3.63, 3.8) is 0 Å². The summed E-state index contributed by atoms with van der Waals surface area (Å²) in [6.07, 6.45) is 9.96. The predicted molar refractivity (Wildman–Crippen MR) is 142 cm³/mol. The SMILES string of the molecule is CC1(C)OB(c2ccc(-c3cnn(COCCS(C)(C)C)c3C3CCOCC3)c(F)c2F)OC1(C)C. The van der Waals surface area contributed by atoms with E-state index in [4.69, 9.17) is 18.8 Å². The maximum Gasteiger partial charge on any atom is 0.497 e. The molecule has 0 saturated carbocycles. The highest BCUT2D eigenvalue weighted by molar-refractivity contribution is 8.32. The molecule has 3 heterocycles. The number of hydrogen-bond acceptors (Lipinski definition) is 5. The lowest BCUT2D eigenvalue weighted by atomic mass is 9.77. The molecular formula is C26H39BF2N2O4S. The van der Waals surface area contributed by atoms with Crippen molar-refractivity contribution in [3.8, 4) is 11.1 Å². The summed E-state index contributed by atoms with van der Waals surface area (Å²) >= 11 is 0. The standard InChI is InChI=1S/C26H39BF2N2O4S/c1-25(2)26(3,4)35-27(34-25)21-9-8-19(22(28)23(21)29)20-16-30-31(17-33-14-15-36(5,6)7)24(20)18-10-12-32-13-11-18/h8-9,16,18H,10-15,17H2,1-7H3. The van der Waals surface area contributed by atoms with Gasteiger partial charge in [-0.2, -0.15) is 5.10 Å². The molecule has 1 aromatic carbocycles. The van der Waals surface area contributed by atoms with Crippen molar-refractivity contribution in [2.45, 2.75) is 64.4 Å². The van der Waals surface area contributed by atoms with E-state index < -0.39 is 40.0 Å². The highest BCUT2D eigenvalue weighted by Gasteiger charge is 2.52. The van der Waals surface area contributed by atoms with Crippen LogP contribution in [0.15, 0.2) is 18.3 Å². The molecule has 2 fully saturated rings. The fraction of sp³-hybridized carbons (Fsp3) is 0.654. The first-order valence-electron chi connectivity index (χ1n) is 12.5. The Kier molecular flexibility index (Phi) is 7.94. The van der Waals surface area contributed by atoms with Crippen molar-refractivity contribution >= 4 is 22.6 Å². The second-order valence-corrected chi connectivity index (χ2v) is 16.2. The third-order valence-electron chi connectivity index (χ3n) is 7.45. The van der Waals surface area contributed by atoms with E-state index in [0.29, 0.717) is 25.4 Å². The van der Waals surface area contributed by atoms with Gasteiger partial charge in [-0.25, -0.2) is 23.5 Å². The average Bonchev–Trinajstić information content (AvgIpc) is 3.30. The molecule has 0 amide bonds.